The van der Waals surface area contributed by atoms with E-state index in [4.69, 9.17) is 10.8 Å². The van der Waals surface area contributed by atoms with Crippen molar-refractivity contribution in [3.05, 3.63) is 41.6 Å². The van der Waals surface area contributed by atoms with Gasteiger partial charge in [-0.3, -0.25) is 0 Å². The molecule has 1 aliphatic heterocycles. The summed E-state index contributed by atoms with van der Waals surface area (Å²) in [7, 11) is 0. The van der Waals surface area contributed by atoms with Gasteiger partial charge in [0.05, 0.1) is 11.4 Å². The summed E-state index contributed by atoms with van der Waals surface area (Å²) >= 11 is 0. The monoisotopic (exact) mass is 284 g/mol. The predicted molar refractivity (Wildman–Crippen MR) is 86.8 cm³/mol. The first kappa shape index (κ1) is 14.1. The molecule has 1 aromatic heterocycles. The molecular formula is C17H24N4. The Kier molecular flexibility index (Phi) is 3.72. The molecule has 2 atom stereocenters. The lowest BCUT2D eigenvalue weighted by Gasteiger charge is -2.26. The average Bonchev–Trinajstić information content (AvgIpc) is 2.98. The van der Waals surface area contributed by atoms with Crippen LogP contribution in [0.4, 0.5) is 5.82 Å². The van der Waals surface area contributed by atoms with Crippen LogP contribution in [-0.2, 0) is 6.54 Å². The number of nitrogens with two attached hydrogens (primary N) is 1. The van der Waals surface area contributed by atoms with Crippen molar-refractivity contribution in [2.24, 2.45) is 11.7 Å². The highest BCUT2D eigenvalue weighted by molar-refractivity contribution is 5.56. The second kappa shape index (κ2) is 5.53. The second-order valence-corrected chi connectivity index (χ2v) is 6.18. The molecule has 4 heteroatoms. The van der Waals surface area contributed by atoms with Gasteiger partial charge in [0.15, 0.2) is 0 Å². The first-order valence-electron chi connectivity index (χ1n) is 7.72. The molecule has 2 aromatic rings. The molecule has 0 spiro atoms. The molecule has 0 bridgehead atoms. The molecule has 0 radical (unpaired) electrons. The fourth-order valence-electron chi connectivity index (χ4n) is 3.43. The third-order valence-corrected chi connectivity index (χ3v) is 4.42. The van der Waals surface area contributed by atoms with Gasteiger partial charge < -0.3 is 10.6 Å². The van der Waals surface area contributed by atoms with E-state index in [0.717, 1.165) is 17.9 Å². The Morgan fingerprint density at radius 2 is 1.95 bits per heavy atom. The molecule has 3 rings (SSSR count). The molecule has 21 heavy (non-hydrogen) atoms. The number of nitrogens with zero attached hydrogens (tertiary/aromatic N) is 3. The standard InChI is InChI=1S/C17H24N4/c1-12-9-13(2)20(11-12)17-16(10-18)14(3)19-21(17)15-7-5-4-6-8-15/h4-8,12-13H,9-11,18H2,1-3H3. The molecule has 4 nitrogen and oxygen atoms in total. The highest BCUT2D eigenvalue weighted by Crippen LogP contribution is 2.34. The zero-order chi connectivity index (χ0) is 15.0. The van der Waals surface area contributed by atoms with Gasteiger partial charge in [0.25, 0.3) is 0 Å². The minimum Gasteiger partial charge on any atom is -0.353 e. The summed E-state index contributed by atoms with van der Waals surface area (Å²) in [6.45, 7) is 8.27. The molecule has 0 aliphatic carbocycles. The van der Waals surface area contributed by atoms with Crippen LogP contribution in [-0.4, -0.2) is 22.4 Å². The van der Waals surface area contributed by atoms with Crippen LogP contribution < -0.4 is 10.6 Å². The summed E-state index contributed by atoms with van der Waals surface area (Å²) in [4.78, 5) is 2.47. The van der Waals surface area contributed by atoms with Crippen LogP contribution in [0, 0.1) is 12.8 Å². The van der Waals surface area contributed by atoms with E-state index >= 15 is 0 Å². The van der Waals surface area contributed by atoms with Crippen LogP contribution in [0.1, 0.15) is 31.5 Å². The fourth-order valence-corrected chi connectivity index (χ4v) is 3.43. The number of hydrogen-bond donors (Lipinski definition) is 1. The SMILES string of the molecule is Cc1nn(-c2ccccc2)c(N2CC(C)CC2C)c1CN. The zero-order valence-electron chi connectivity index (χ0n) is 13.1. The van der Waals surface area contributed by atoms with Crippen molar-refractivity contribution in [3.8, 4) is 5.69 Å². The zero-order valence-corrected chi connectivity index (χ0v) is 13.1. The number of benzene rings is 1. The molecule has 2 unspecified atom stereocenters. The van der Waals surface area contributed by atoms with E-state index in [2.05, 4.69) is 42.5 Å². The van der Waals surface area contributed by atoms with Crippen LogP contribution in [0.15, 0.2) is 30.3 Å². The van der Waals surface area contributed by atoms with Gasteiger partial charge in [0, 0.05) is 24.7 Å². The second-order valence-electron chi connectivity index (χ2n) is 6.18. The molecule has 0 amide bonds. The van der Waals surface area contributed by atoms with Crippen LogP contribution in [0.25, 0.3) is 5.69 Å². The summed E-state index contributed by atoms with van der Waals surface area (Å²) in [6.07, 6.45) is 1.23. The van der Waals surface area contributed by atoms with E-state index in [1.54, 1.807) is 0 Å². The lowest BCUT2D eigenvalue weighted by Crippen LogP contribution is -2.30. The Morgan fingerprint density at radius 1 is 1.24 bits per heavy atom. The quantitative estimate of drug-likeness (QED) is 0.942. The van der Waals surface area contributed by atoms with Crippen LogP contribution in [0.3, 0.4) is 0 Å². The highest BCUT2D eigenvalue weighted by atomic mass is 15.4. The topological polar surface area (TPSA) is 47.1 Å². The molecule has 1 aliphatic rings. The molecule has 1 saturated heterocycles. The Labute approximate surface area is 126 Å². The summed E-state index contributed by atoms with van der Waals surface area (Å²) in [5, 5.41) is 4.75. The van der Waals surface area contributed by atoms with Gasteiger partial charge in [0.1, 0.15) is 5.82 Å². The molecule has 1 fully saturated rings. The number of aryl methyl sites for hydroxylation is 1. The van der Waals surface area contributed by atoms with Crippen LogP contribution >= 0.6 is 0 Å². The summed E-state index contributed by atoms with van der Waals surface area (Å²) in [5.41, 5.74) is 9.31. The van der Waals surface area contributed by atoms with Gasteiger partial charge in [0.2, 0.25) is 0 Å². The van der Waals surface area contributed by atoms with Gasteiger partial charge >= 0.3 is 0 Å². The van der Waals surface area contributed by atoms with Gasteiger partial charge in [-0.25, -0.2) is 4.68 Å². The van der Waals surface area contributed by atoms with E-state index in [0.29, 0.717) is 18.5 Å². The number of anilines is 1. The van der Waals surface area contributed by atoms with Crippen molar-refractivity contribution in [2.45, 2.75) is 39.8 Å². The predicted octanol–water partition coefficient (Wildman–Crippen LogP) is 2.87. The molecule has 1 aromatic carbocycles. The first-order valence-corrected chi connectivity index (χ1v) is 7.72. The normalized spacial score (nSPS) is 22.0. The number of hydrogen-bond acceptors (Lipinski definition) is 3. The molecule has 2 N–H and O–H groups in total. The van der Waals surface area contributed by atoms with Crippen LogP contribution in [0.5, 0.6) is 0 Å². The van der Waals surface area contributed by atoms with E-state index in [9.17, 15) is 0 Å². The maximum atomic E-state index is 6.01. The fraction of sp³-hybridized carbons (Fsp3) is 0.471. The maximum absolute atomic E-state index is 6.01. The Morgan fingerprint density at radius 3 is 2.52 bits per heavy atom. The lowest BCUT2D eigenvalue weighted by molar-refractivity contribution is 0.624. The average molecular weight is 284 g/mol. The van der Waals surface area contributed by atoms with Crippen molar-refractivity contribution < 1.29 is 0 Å². The molecular weight excluding hydrogens is 260 g/mol. The summed E-state index contributed by atoms with van der Waals surface area (Å²) in [5.74, 6) is 1.89. The molecule has 2 heterocycles. The minimum atomic E-state index is 0.531. The van der Waals surface area contributed by atoms with Gasteiger partial charge in [-0.1, -0.05) is 25.1 Å². The Balaban J connectivity index is 2.13. The number of rotatable bonds is 3. The van der Waals surface area contributed by atoms with E-state index in [1.807, 2.05) is 18.2 Å². The summed E-state index contributed by atoms with van der Waals surface area (Å²) < 4.78 is 2.06. The largest absolute Gasteiger partial charge is 0.353 e. The summed E-state index contributed by atoms with van der Waals surface area (Å²) in [6, 6.07) is 10.9. The number of aromatic nitrogens is 2. The maximum Gasteiger partial charge on any atom is 0.137 e. The smallest absolute Gasteiger partial charge is 0.137 e. The minimum absolute atomic E-state index is 0.531. The van der Waals surface area contributed by atoms with E-state index in [-0.39, 0.29) is 0 Å². The first-order chi connectivity index (χ1) is 10.1. The number of para-hydroxylation sites is 1. The van der Waals surface area contributed by atoms with Crippen molar-refractivity contribution in [1.82, 2.24) is 9.78 Å². The van der Waals surface area contributed by atoms with Crippen molar-refractivity contribution in [1.29, 1.82) is 0 Å². The van der Waals surface area contributed by atoms with E-state index < -0.39 is 0 Å². The molecule has 112 valence electrons. The van der Waals surface area contributed by atoms with Crippen molar-refractivity contribution >= 4 is 5.82 Å². The third-order valence-electron chi connectivity index (χ3n) is 4.42. The van der Waals surface area contributed by atoms with Crippen molar-refractivity contribution in [2.75, 3.05) is 11.4 Å². The highest BCUT2D eigenvalue weighted by Gasteiger charge is 2.31. The van der Waals surface area contributed by atoms with E-state index in [1.165, 1.54) is 17.8 Å². The Bertz CT molecular complexity index is 617. The van der Waals surface area contributed by atoms with Gasteiger partial charge in [-0.15, -0.1) is 0 Å². The molecule has 0 saturated carbocycles. The van der Waals surface area contributed by atoms with Gasteiger partial charge in [-0.05, 0) is 38.3 Å². The lowest BCUT2D eigenvalue weighted by atomic mass is 10.1. The third kappa shape index (κ3) is 2.44. The van der Waals surface area contributed by atoms with Crippen molar-refractivity contribution in [3.63, 3.8) is 0 Å². The van der Waals surface area contributed by atoms with Crippen LogP contribution in [0.2, 0.25) is 0 Å². The Hall–Kier alpha value is -1.81. The van der Waals surface area contributed by atoms with Gasteiger partial charge in [-0.2, -0.15) is 5.10 Å².